The van der Waals surface area contributed by atoms with E-state index >= 15 is 0 Å². The van der Waals surface area contributed by atoms with Gasteiger partial charge in [0, 0.05) is 16.1 Å². The molecule has 0 aliphatic rings. The second kappa shape index (κ2) is 7.93. The summed E-state index contributed by atoms with van der Waals surface area (Å²) in [4.78, 5) is 13.9. The molecule has 4 rings (SSSR count). The second-order valence-corrected chi connectivity index (χ2v) is 6.95. The van der Waals surface area contributed by atoms with E-state index in [9.17, 15) is 4.79 Å². The van der Waals surface area contributed by atoms with Gasteiger partial charge in [0.25, 0.3) is 0 Å². The Hall–Kier alpha value is -3.31. The minimum absolute atomic E-state index is 0.290. The first kappa shape index (κ1) is 17.1. The number of nitrogens with zero attached hydrogens (tertiary/aromatic N) is 2. The van der Waals surface area contributed by atoms with E-state index < -0.39 is 0 Å². The number of para-hydroxylation sites is 1. The number of rotatable bonds is 4. The van der Waals surface area contributed by atoms with E-state index in [1.165, 1.54) is 16.4 Å². The van der Waals surface area contributed by atoms with Crippen LogP contribution < -0.4 is 5.32 Å². The van der Waals surface area contributed by atoms with Crippen LogP contribution in [0.2, 0.25) is 0 Å². The molecule has 0 unspecified atom stereocenters. The number of anilines is 1. The molecule has 1 N–H and O–H groups in total. The predicted molar refractivity (Wildman–Crippen MR) is 109 cm³/mol. The van der Waals surface area contributed by atoms with Crippen molar-refractivity contribution in [2.24, 2.45) is 0 Å². The minimum Gasteiger partial charge on any atom is -0.306 e. The molecule has 0 aliphatic heterocycles. The maximum atomic E-state index is 12.8. The first-order valence-electron chi connectivity index (χ1n) is 8.54. The highest BCUT2D eigenvalue weighted by Crippen LogP contribution is 2.31. The predicted octanol–water partition coefficient (Wildman–Crippen LogP) is 5.78. The Kier molecular flexibility index (Phi) is 5.03. The topological polar surface area (TPSA) is 46.9 Å². The van der Waals surface area contributed by atoms with E-state index in [4.69, 9.17) is 0 Å². The Balaban J connectivity index is 1.69. The van der Waals surface area contributed by atoms with Crippen LogP contribution in [0.1, 0.15) is 0 Å². The molecule has 0 spiro atoms. The molecule has 0 bridgehead atoms. The monoisotopic (exact) mass is 371 g/mol. The maximum absolute atomic E-state index is 12.8. The summed E-state index contributed by atoms with van der Waals surface area (Å²) in [5, 5.41) is 8.21. The van der Waals surface area contributed by atoms with E-state index in [-0.39, 0.29) is 6.03 Å². The summed E-state index contributed by atoms with van der Waals surface area (Å²) in [5.41, 5.74) is 2.46. The van der Waals surface area contributed by atoms with Gasteiger partial charge in [0.05, 0.1) is 5.69 Å². The van der Waals surface area contributed by atoms with Crippen LogP contribution in [-0.2, 0) is 0 Å². The van der Waals surface area contributed by atoms with Crippen molar-refractivity contribution in [3.8, 4) is 11.3 Å². The molecule has 1 aromatic heterocycles. The number of amides is 1. The molecule has 1 heterocycles. The number of aromatic nitrogens is 2. The number of benzene rings is 3. The van der Waals surface area contributed by atoms with Gasteiger partial charge in [0.2, 0.25) is 0 Å². The van der Waals surface area contributed by atoms with Gasteiger partial charge in [-0.25, -0.2) is 4.79 Å². The highest BCUT2D eigenvalue weighted by atomic mass is 32.2. The lowest BCUT2D eigenvalue weighted by Gasteiger charge is -2.08. The Labute approximate surface area is 161 Å². The Morgan fingerprint density at radius 1 is 0.815 bits per heavy atom. The van der Waals surface area contributed by atoms with Gasteiger partial charge in [-0.05, 0) is 30.3 Å². The molecular formula is C22H17N3OS. The molecule has 4 aromatic rings. The molecular weight excluding hydrogens is 354 g/mol. The SMILES string of the molecule is O=C(Nc1ccccc1)n1nc(-c2ccccc2)cc1Sc1ccccc1. The third kappa shape index (κ3) is 4.10. The second-order valence-electron chi connectivity index (χ2n) is 5.86. The highest BCUT2D eigenvalue weighted by Gasteiger charge is 2.16. The van der Waals surface area contributed by atoms with Crippen molar-refractivity contribution >= 4 is 23.5 Å². The maximum Gasteiger partial charge on any atom is 0.347 e. The fourth-order valence-electron chi connectivity index (χ4n) is 2.64. The summed E-state index contributed by atoms with van der Waals surface area (Å²) in [6.45, 7) is 0. The summed E-state index contributed by atoms with van der Waals surface area (Å²) in [6, 6.07) is 30.8. The van der Waals surface area contributed by atoms with Gasteiger partial charge in [-0.2, -0.15) is 9.78 Å². The molecule has 0 saturated heterocycles. The number of carbonyl (C=O) groups excluding carboxylic acids is 1. The van der Waals surface area contributed by atoms with Crippen LogP contribution >= 0.6 is 11.8 Å². The fraction of sp³-hybridized carbons (Fsp3) is 0. The highest BCUT2D eigenvalue weighted by molar-refractivity contribution is 7.99. The average Bonchev–Trinajstić information content (AvgIpc) is 3.14. The van der Waals surface area contributed by atoms with Crippen LogP contribution in [0, 0.1) is 0 Å². The molecule has 0 saturated carbocycles. The number of hydrogen-bond donors (Lipinski definition) is 1. The lowest BCUT2D eigenvalue weighted by atomic mass is 10.2. The Morgan fingerprint density at radius 3 is 2.07 bits per heavy atom. The van der Waals surface area contributed by atoms with Crippen LogP contribution in [-0.4, -0.2) is 15.8 Å². The molecule has 0 atom stereocenters. The van der Waals surface area contributed by atoms with E-state index in [1.807, 2.05) is 97.1 Å². The van der Waals surface area contributed by atoms with Gasteiger partial charge >= 0.3 is 6.03 Å². The van der Waals surface area contributed by atoms with Crippen LogP contribution in [0.15, 0.2) is 107 Å². The van der Waals surface area contributed by atoms with Gasteiger partial charge in [-0.3, -0.25) is 0 Å². The number of hydrogen-bond acceptors (Lipinski definition) is 3. The van der Waals surface area contributed by atoms with Crippen molar-refractivity contribution < 1.29 is 4.79 Å². The van der Waals surface area contributed by atoms with Gasteiger partial charge in [-0.15, -0.1) is 0 Å². The van der Waals surface area contributed by atoms with Gasteiger partial charge in [-0.1, -0.05) is 78.5 Å². The summed E-state index contributed by atoms with van der Waals surface area (Å²) in [7, 11) is 0. The minimum atomic E-state index is -0.290. The number of nitrogens with one attached hydrogen (secondary N) is 1. The molecule has 0 radical (unpaired) electrons. The van der Waals surface area contributed by atoms with E-state index in [2.05, 4.69) is 10.4 Å². The van der Waals surface area contributed by atoms with Gasteiger partial charge < -0.3 is 5.32 Å². The third-order valence-corrected chi connectivity index (χ3v) is 4.94. The van der Waals surface area contributed by atoms with Crippen LogP contribution in [0.3, 0.4) is 0 Å². The van der Waals surface area contributed by atoms with E-state index in [0.29, 0.717) is 0 Å². The van der Waals surface area contributed by atoms with Crippen molar-refractivity contribution in [3.63, 3.8) is 0 Å². The van der Waals surface area contributed by atoms with Gasteiger partial charge in [0.1, 0.15) is 5.03 Å². The smallest absolute Gasteiger partial charge is 0.306 e. The molecule has 3 aromatic carbocycles. The van der Waals surface area contributed by atoms with Gasteiger partial charge in [0.15, 0.2) is 0 Å². The summed E-state index contributed by atoms with van der Waals surface area (Å²) >= 11 is 1.51. The van der Waals surface area contributed by atoms with Crippen LogP contribution in [0.4, 0.5) is 10.5 Å². The van der Waals surface area contributed by atoms with Crippen LogP contribution in [0.5, 0.6) is 0 Å². The van der Waals surface area contributed by atoms with Crippen molar-refractivity contribution in [2.45, 2.75) is 9.92 Å². The first-order chi connectivity index (χ1) is 13.3. The lowest BCUT2D eigenvalue weighted by Crippen LogP contribution is -2.21. The zero-order valence-electron chi connectivity index (χ0n) is 14.4. The lowest BCUT2D eigenvalue weighted by molar-refractivity contribution is 0.249. The molecule has 0 fully saturated rings. The molecule has 1 amide bonds. The molecule has 0 aliphatic carbocycles. The zero-order chi connectivity index (χ0) is 18.5. The third-order valence-electron chi connectivity index (χ3n) is 3.93. The average molecular weight is 371 g/mol. The Bertz CT molecular complexity index is 1030. The van der Waals surface area contributed by atoms with Crippen molar-refractivity contribution in [1.82, 2.24) is 9.78 Å². The van der Waals surface area contributed by atoms with E-state index in [1.54, 1.807) is 0 Å². The van der Waals surface area contributed by atoms with Crippen molar-refractivity contribution in [2.75, 3.05) is 5.32 Å². The zero-order valence-corrected chi connectivity index (χ0v) is 15.3. The Morgan fingerprint density at radius 2 is 1.41 bits per heavy atom. The number of carbonyl (C=O) groups is 1. The fourth-order valence-corrected chi connectivity index (χ4v) is 3.55. The van der Waals surface area contributed by atoms with Crippen LogP contribution in [0.25, 0.3) is 11.3 Å². The van der Waals surface area contributed by atoms with Crippen molar-refractivity contribution in [3.05, 3.63) is 97.1 Å². The summed E-state index contributed by atoms with van der Waals surface area (Å²) in [6.07, 6.45) is 0. The molecule has 4 nitrogen and oxygen atoms in total. The summed E-state index contributed by atoms with van der Waals surface area (Å²) in [5.74, 6) is 0. The normalized spacial score (nSPS) is 10.5. The molecule has 5 heteroatoms. The quantitative estimate of drug-likeness (QED) is 0.494. The summed E-state index contributed by atoms with van der Waals surface area (Å²) < 4.78 is 1.42. The first-order valence-corrected chi connectivity index (χ1v) is 9.36. The molecule has 27 heavy (non-hydrogen) atoms. The largest absolute Gasteiger partial charge is 0.347 e. The molecule has 132 valence electrons. The van der Waals surface area contributed by atoms with E-state index in [0.717, 1.165) is 26.9 Å². The standard InChI is InChI=1S/C22H17N3OS/c26-22(23-18-12-6-2-7-13-18)25-21(27-19-14-8-3-9-15-19)16-20(24-25)17-10-4-1-5-11-17/h1-16H,(H,23,26). The van der Waals surface area contributed by atoms with Crippen molar-refractivity contribution in [1.29, 1.82) is 0 Å².